The lowest BCUT2D eigenvalue weighted by atomic mass is 10.1. The third-order valence-electron chi connectivity index (χ3n) is 2.57. The first-order chi connectivity index (χ1) is 8.24. The van der Waals surface area contributed by atoms with Crippen LogP contribution in [-0.4, -0.2) is 11.3 Å². The van der Waals surface area contributed by atoms with Crippen LogP contribution in [0.2, 0.25) is 0 Å². The van der Waals surface area contributed by atoms with Gasteiger partial charge in [-0.1, -0.05) is 36.4 Å². The maximum Gasteiger partial charge on any atom is 0.513 e. The van der Waals surface area contributed by atoms with E-state index in [2.05, 4.69) is 4.74 Å². The maximum atomic E-state index is 10.4. The molecular weight excluding hydrogens is 220 g/mol. The molecule has 0 atom stereocenters. The molecule has 3 rings (SSSR count). The normalized spacial score (nSPS) is 10.8. The van der Waals surface area contributed by atoms with Crippen molar-refractivity contribution in [3.8, 4) is 5.95 Å². The van der Waals surface area contributed by atoms with Crippen molar-refractivity contribution in [2.24, 2.45) is 0 Å². The second kappa shape index (κ2) is 3.52. The van der Waals surface area contributed by atoms with Gasteiger partial charge in [0.25, 0.3) is 5.95 Å². The summed E-state index contributed by atoms with van der Waals surface area (Å²) in [6.07, 6.45) is -1.38. The highest BCUT2D eigenvalue weighted by Crippen LogP contribution is 2.31. The summed E-state index contributed by atoms with van der Waals surface area (Å²) in [6.45, 7) is 0. The lowest BCUT2D eigenvalue weighted by molar-refractivity contribution is 0.134. The van der Waals surface area contributed by atoms with E-state index in [-0.39, 0.29) is 5.95 Å². The molecule has 0 aliphatic rings. The zero-order chi connectivity index (χ0) is 11.8. The highest BCUT2D eigenvalue weighted by atomic mass is 16.7. The molecule has 84 valence electrons. The number of fused-ring (bicyclic) bond motifs is 3. The maximum absolute atomic E-state index is 10.4. The largest absolute Gasteiger partial charge is 0.513 e. The zero-order valence-electron chi connectivity index (χ0n) is 8.71. The summed E-state index contributed by atoms with van der Waals surface area (Å²) in [4.78, 5) is 10.4. The third kappa shape index (κ3) is 1.59. The van der Waals surface area contributed by atoms with E-state index >= 15 is 0 Å². The van der Waals surface area contributed by atoms with E-state index in [4.69, 9.17) is 9.52 Å². The minimum atomic E-state index is -1.38. The molecule has 0 bridgehead atoms. The van der Waals surface area contributed by atoms with Crippen LogP contribution >= 0.6 is 0 Å². The summed E-state index contributed by atoms with van der Waals surface area (Å²) in [5, 5.41) is 11.3. The Labute approximate surface area is 96.0 Å². The molecule has 0 amide bonds. The average molecular weight is 228 g/mol. The molecule has 1 aromatic heterocycles. The molecule has 4 heteroatoms. The molecule has 0 unspecified atom stereocenters. The smallest absolute Gasteiger partial charge is 0.449 e. The summed E-state index contributed by atoms with van der Waals surface area (Å²) in [5.74, 6) is -0.0103. The Morgan fingerprint density at radius 2 is 1.88 bits per heavy atom. The SMILES string of the molecule is O=C(O)Oc1cc2ccc3ccccc3c2o1. The van der Waals surface area contributed by atoms with Gasteiger partial charge in [-0.25, -0.2) is 4.79 Å². The molecule has 1 N–H and O–H groups in total. The van der Waals surface area contributed by atoms with Gasteiger partial charge < -0.3 is 14.3 Å². The second-order valence-corrected chi connectivity index (χ2v) is 3.64. The number of rotatable bonds is 1. The first kappa shape index (κ1) is 9.72. The molecule has 0 radical (unpaired) electrons. The molecule has 0 aliphatic heterocycles. The van der Waals surface area contributed by atoms with Crippen molar-refractivity contribution in [2.75, 3.05) is 0 Å². The van der Waals surface area contributed by atoms with Crippen molar-refractivity contribution in [3.05, 3.63) is 42.5 Å². The predicted octanol–water partition coefficient (Wildman–Crippen LogP) is 3.64. The Balaban J connectivity index is 2.27. The first-order valence-corrected chi connectivity index (χ1v) is 5.06. The topological polar surface area (TPSA) is 59.7 Å². The lowest BCUT2D eigenvalue weighted by Crippen LogP contribution is -2.01. The number of hydrogen-bond donors (Lipinski definition) is 1. The summed E-state index contributed by atoms with van der Waals surface area (Å²) in [5.41, 5.74) is 0.638. The Hall–Kier alpha value is -2.49. The quantitative estimate of drug-likeness (QED) is 0.646. The van der Waals surface area contributed by atoms with E-state index in [1.807, 2.05) is 36.4 Å². The second-order valence-electron chi connectivity index (χ2n) is 3.64. The molecule has 0 saturated carbocycles. The van der Waals surface area contributed by atoms with Crippen LogP contribution in [0.4, 0.5) is 4.79 Å². The van der Waals surface area contributed by atoms with Gasteiger partial charge in [0.05, 0.1) is 0 Å². The molecule has 0 aliphatic carbocycles. The summed E-state index contributed by atoms with van der Waals surface area (Å²) < 4.78 is 9.89. The standard InChI is InChI=1S/C13H8O4/c14-13(15)17-11-7-9-6-5-8-3-1-2-4-10(8)12(9)16-11/h1-7H,(H,14,15). The van der Waals surface area contributed by atoms with Gasteiger partial charge in [0.15, 0.2) is 0 Å². The van der Waals surface area contributed by atoms with Crippen molar-refractivity contribution < 1.29 is 19.1 Å². The van der Waals surface area contributed by atoms with Crippen LogP contribution in [0, 0.1) is 0 Å². The number of benzene rings is 2. The highest BCUT2D eigenvalue weighted by Gasteiger charge is 2.10. The summed E-state index contributed by atoms with van der Waals surface area (Å²) in [6, 6.07) is 13.1. The summed E-state index contributed by atoms with van der Waals surface area (Å²) in [7, 11) is 0. The molecular formula is C13H8O4. The lowest BCUT2D eigenvalue weighted by Gasteiger charge is -1.96. The van der Waals surface area contributed by atoms with Crippen LogP contribution in [0.3, 0.4) is 0 Å². The van der Waals surface area contributed by atoms with E-state index in [0.29, 0.717) is 5.58 Å². The van der Waals surface area contributed by atoms with E-state index < -0.39 is 6.16 Å². The molecule has 1 heterocycles. The van der Waals surface area contributed by atoms with Crippen LogP contribution in [0.1, 0.15) is 0 Å². The minimum absolute atomic E-state index is 0.0103. The van der Waals surface area contributed by atoms with Crippen LogP contribution in [0.25, 0.3) is 21.7 Å². The van der Waals surface area contributed by atoms with Crippen molar-refractivity contribution in [1.29, 1.82) is 0 Å². The molecule has 4 nitrogen and oxygen atoms in total. The third-order valence-corrected chi connectivity index (χ3v) is 2.57. The van der Waals surface area contributed by atoms with Crippen LogP contribution in [-0.2, 0) is 0 Å². The molecule has 0 saturated heterocycles. The number of carboxylic acid groups (broad SMARTS) is 1. The molecule has 2 aromatic carbocycles. The Morgan fingerprint density at radius 1 is 1.12 bits per heavy atom. The zero-order valence-corrected chi connectivity index (χ0v) is 8.71. The van der Waals surface area contributed by atoms with Crippen LogP contribution in [0.15, 0.2) is 46.9 Å². The van der Waals surface area contributed by atoms with Gasteiger partial charge in [-0.15, -0.1) is 0 Å². The molecule has 0 fully saturated rings. The van der Waals surface area contributed by atoms with E-state index in [0.717, 1.165) is 16.2 Å². The van der Waals surface area contributed by atoms with Gasteiger partial charge in [-0.2, -0.15) is 0 Å². The average Bonchev–Trinajstić information content (AvgIpc) is 2.70. The number of furan rings is 1. The number of hydrogen-bond acceptors (Lipinski definition) is 3. The van der Waals surface area contributed by atoms with E-state index in [1.54, 1.807) is 6.07 Å². The van der Waals surface area contributed by atoms with Crippen molar-refractivity contribution >= 4 is 27.9 Å². The predicted molar refractivity (Wildman–Crippen MR) is 62.4 cm³/mol. The monoisotopic (exact) mass is 228 g/mol. The van der Waals surface area contributed by atoms with E-state index in [1.165, 1.54) is 0 Å². The van der Waals surface area contributed by atoms with Crippen molar-refractivity contribution in [1.82, 2.24) is 0 Å². The molecule has 0 spiro atoms. The molecule has 3 aromatic rings. The van der Waals surface area contributed by atoms with Crippen molar-refractivity contribution in [2.45, 2.75) is 0 Å². The van der Waals surface area contributed by atoms with Gasteiger partial charge in [0.1, 0.15) is 5.58 Å². The van der Waals surface area contributed by atoms with Gasteiger partial charge >= 0.3 is 6.16 Å². The van der Waals surface area contributed by atoms with Crippen LogP contribution in [0.5, 0.6) is 5.95 Å². The Kier molecular flexibility index (Phi) is 2.01. The minimum Gasteiger partial charge on any atom is -0.449 e. The summed E-state index contributed by atoms with van der Waals surface area (Å²) >= 11 is 0. The fourth-order valence-electron chi connectivity index (χ4n) is 1.88. The van der Waals surface area contributed by atoms with Gasteiger partial charge in [0, 0.05) is 16.8 Å². The highest BCUT2D eigenvalue weighted by molar-refractivity contribution is 6.04. The van der Waals surface area contributed by atoms with Gasteiger partial charge in [-0.3, -0.25) is 0 Å². The van der Waals surface area contributed by atoms with Gasteiger partial charge in [-0.05, 0) is 5.39 Å². The fourth-order valence-corrected chi connectivity index (χ4v) is 1.88. The number of ether oxygens (including phenoxy) is 1. The first-order valence-electron chi connectivity index (χ1n) is 5.06. The Morgan fingerprint density at radius 3 is 2.71 bits per heavy atom. The number of carbonyl (C=O) groups is 1. The van der Waals surface area contributed by atoms with Gasteiger partial charge in [0.2, 0.25) is 0 Å². The van der Waals surface area contributed by atoms with Crippen molar-refractivity contribution in [3.63, 3.8) is 0 Å². The molecule has 17 heavy (non-hydrogen) atoms. The van der Waals surface area contributed by atoms with E-state index in [9.17, 15) is 4.79 Å². The Bertz CT molecular complexity index is 712. The van der Waals surface area contributed by atoms with Crippen LogP contribution < -0.4 is 4.74 Å². The fraction of sp³-hybridized carbons (Fsp3) is 0.